The second-order valence-corrected chi connectivity index (χ2v) is 6.39. The summed E-state index contributed by atoms with van der Waals surface area (Å²) in [7, 11) is 0. The maximum Gasteiger partial charge on any atom is 0.251 e. The van der Waals surface area contributed by atoms with Crippen molar-refractivity contribution >= 4 is 5.91 Å². The molecule has 0 aliphatic carbocycles. The van der Waals surface area contributed by atoms with E-state index in [9.17, 15) is 4.79 Å². The minimum atomic E-state index is 0.0193. The summed E-state index contributed by atoms with van der Waals surface area (Å²) in [4.78, 5) is 21.0. The van der Waals surface area contributed by atoms with Crippen LogP contribution in [0.1, 0.15) is 42.2 Å². The molecule has 2 rings (SSSR count). The number of aromatic nitrogens is 4. The van der Waals surface area contributed by atoms with Crippen LogP contribution in [-0.4, -0.2) is 32.2 Å². The summed E-state index contributed by atoms with van der Waals surface area (Å²) >= 11 is 0. The molecule has 6 nitrogen and oxygen atoms in total. The van der Waals surface area contributed by atoms with Crippen molar-refractivity contribution in [1.82, 2.24) is 25.1 Å². The van der Waals surface area contributed by atoms with Crippen molar-refractivity contribution in [3.63, 3.8) is 0 Å². The molecular weight excluding hydrogens is 290 g/mol. The van der Waals surface area contributed by atoms with Crippen LogP contribution in [0, 0.1) is 33.6 Å². The van der Waals surface area contributed by atoms with E-state index in [0.717, 1.165) is 28.3 Å². The molecule has 23 heavy (non-hydrogen) atoms. The van der Waals surface area contributed by atoms with Crippen molar-refractivity contribution in [3.05, 3.63) is 34.4 Å². The Hall–Kier alpha value is -2.24. The van der Waals surface area contributed by atoms with Crippen LogP contribution in [0.4, 0.5) is 0 Å². The van der Waals surface area contributed by atoms with E-state index in [2.05, 4.69) is 34.2 Å². The minimum Gasteiger partial charge on any atom is -0.356 e. The number of nitrogens with one attached hydrogen (secondary N) is 1. The van der Waals surface area contributed by atoms with E-state index in [1.165, 1.54) is 0 Å². The lowest BCUT2D eigenvalue weighted by molar-refractivity contribution is -0.120. The fourth-order valence-corrected chi connectivity index (χ4v) is 2.47. The maximum absolute atomic E-state index is 12.1. The van der Waals surface area contributed by atoms with E-state index >= 15 is 0 Å². The molecule has 2 aromatic heterocycles. The quantitative estimate of drug-likeness (QED) is 0.918. The molecule has 1 amide bonds. The van der Waals surface area contributed by atoms with Crippen molar-refractivity contribution in [2.75, 3.05) is 6.54 Å². The van der Waals surface area contributed by atoms with E-state index in [4.69, 9.17) is 0 Å². The molecular formula is C17H25N5O. The summed E-state index contributed by atoms with van der Waals surface area (Å²) in [5.41, 5.74) is 4.48. The smallest absolute Gasteiger partial charge is 0.251 e. The van der Waals surface area contributed by atoms with Gasteiger partial charge < -0.3 is 5.32 Å². The molecule has 0 fully saturated rings. The Balaban J connectivity index is 2.27. The Labute approximate surface area is 137 Å². The molecule has 2 heterocycles. The highest BCUT2D eigenvalue weighted by atomic mass is 16.1. The number of hydrogen-bond donors (Lipinski definition) is 1. The van der Waals surface area contributed by atoms with E-state index in [1.54, 1.807) is 4.68 Å². The van der Waals surface area contributed by atoms with Crippen molar-refractivity contribution in [2.45, 2.75) is 48.0 Å². The number of aryl methyl sites for hydroxylation is 3. The summed E-state index contributed by atoms with van der Waals surface area (Å²) in [6, 6.07) is 1.93. The highest BCUT2D eigenvalue weighted by molar-refractivity contribution is 5.79. The summed E-state index contributed by atoms with van der Waals surface area (Å²) in [6.45, 7) is 12.6. The molecule has 0 aliphatic heterocycles. The lowest BCUT2D eigenvalue weighted by Gasteiger charge is -2.08. The molecule has 2 aromatic rings. The molecule has 0 radical (unpaired) electrons. The average Bonchev–Trinajstić information content (AvgIpc) is 2.72. The van der Waals surface area contributed by atoms with Gasteiger partial charge in [0, 0.05) is 29.2 Å². The van der Waals surface area contributed by atoms with E-state index in [0.29, 0.717) is 24.8 Å². The number of carbonyl (C=O) groups is 1. The second kappa shape index (κ2) is 6.89. The van der Waals surface area contributed by atoms with Crippen LogP contribution in [0.25, 0.3) is 5.95 Å². The number of carbonyl (C=O) groups excluding carboxylic acids is 1. The highest BCUT2D eigenvalue weighted by Gasteiger charge is 2.17. The Morgan fingerprint density at radius 2 is 1.78 bits per heavy atom. The number of amides is 1. The van der Waals surface area contributed by atoms with Gasteiger partial charge in [-0.05, 0) is 39.7 Å². The van der Waals surface area contributed by atoms with Gasteiger partial charge >= 0.3 is 0 Å². The van der Waals surface area contributed by atoms with Gasteiger partial charge in [0.25, 0.3) is 5.95 Å². The minimum absolute atomic E-state index is 0.0193. The molecule has 124 valence electrons. The van der Waals surface area contributed by atoms with Crippen LogP contribution >= 0.6 is 0 Å². The predicted molar refractivity (Wildman–Crippen MR) is 89.7 cm³/mol. The summed E-state index contributed by atoms with van der Waals surface area (Å²) in [6.07, 6.45) is 0.329. The molecule has 0 bridgehead atoms. The monoisotopic (exact) mass is 315 g/mol. The highest BCUT2D eigenvalue weighted by Crippen LogP contribution is 2.17. The first-order valence-electron chi connectivity index (χ1n) is 7.92. The molecule has 0 saturated carbocycles. The Morgan fingerprint density at radius 3 is 2.35 bits per heavy atom. The van der Waals surface area contributed by atoms with Crippen LogP contribution in [0.15, 0.2) is 6.07 Å². The Bertz CT molecular complexity index is 698. The third kappa shape index (κ3) is 4.15. The van der Waals surface area contributed by atoms with E-state index < -0.39 is 0 Å². The lowest BCUT2D eigenvalue weighted by Crippen LogP contribution is -2.29. The SMILES string of the molecule is Cc1cc(C)nc(-n2nc(C)c(CC(=O)NCC(C)C)c2C)n1. The van der Waals surface area contributed by atoms with Crippen molar-refractivity contribution in [2.24, 2.45) is 5.92 Å². The number of rotatable bonds is 5. The van der Waals surface area contributed by atoms with Crippen molar-refractivity contribution < 1.29 is 4.79 Å². The first-order valence-corrected chi connectivity index (χ1v) is 7.92. The van der Waals surface area contributed by atoms with Gasteiger partial charge in [-0.1, -0.05) is 13.8 Å². The van der Waals surface area contributed by atoms with Crippen molar-refractivity contribution in [3.8, 4) is 5.95 Å². The molecule has 6 heteroatoms. The normalized spacial score (nSPS) is 11.1. The first kappa shape index (κ1) is 17.1. The van der Waals surface area contributed by atoms with Gasteiger partial charge in [-0.3, -0.25) is 4.79 Å². The lowest BCUT2D eigenvalue weighted by atomic mass is 10.1. The van der Waals surface area contributed by atoms with Crippen LogP contribution in [-0.2, 0) is 11.2 Å². The van der Waals surface area contributed by atoms with Gasteiger partial charge in [0.05, 0.1) is 12.1 Å². The fraction of sp³-hybridized carbons (Fsp3) is 0.529. The summed E-state index contributed by atoms with van der Waals surface area (Å²) in [5, 5.41) is 7.47. The van der Waals surface area contributed by atoms with Crippen LogP contribution in [0.5, 0.6) is 0 Å². The standard InChI is InChI=1S/C17H25N5O/c1-10(2)9-18-16(23)8-15-13(5)21-22(14(15)6)17-19-11(3)7-12(4)20-17/h7,10H,8-9H2,1-6H3,(H,18,23). The molecule has 0 atom stereocenters. The molecule has 0 aliphatic rings. The largest absolute Gasteiger partial charge is 0.356 e. The topological polar surface area (TPSA) is 72.7 Å². The first-order chi connectivity index (χ1) is 10.8. The van der Waals surface area contributed by atoms with Crippen molar-refractivity contribution in [1.29, 1.82) is 0 Å². The van der Waals surface area contributed by atoms with E-state index in [-0.39, 0.29) is 5.91 Å². The van der Waals surface area contributed by atoms with Gasteiger partial charge in [0.15, 0.2) is 0 Å². The number of nitrogens with zero attached hydrogens (tertiary/aromatic N) is 4. The fourth-order valence-electron chi connectivity index (χ4n) is 2.47. The molecule has 0 aromatic carbocycles. The zero-order valence-corrected chi connectivity index (χ0v) is 14.8. The number of hydrogen-bond acceptors (Lipinski definition) is 4. The second-order valence-electron chi connectivity index (χ2n) is 6.39. The summed E-state index contributed by atoms with van der Waals surface area (Å²) < 4.78 is 1.72. The molecule has 1 N–H and O–H groups in total. The van der Waals surface area contributed by atoms with E-state index in [1.807, 2.05) is 33.8 Å². The third-order valence-electron chi connectivity index (χ3n) is 3.65. The van der Waals surface area contributed by atoms with Gasteiger partial charge in [-0.15, -0.1) is 0 Å². The average molecular weight is 315 g/mol. The molecule has 0 unspecified atom stereocenters. The zero-order valence-electron chi connectivity index (χ0n) is 14.8. The zero-order chi connectivity index (χ0) is 17.1. The Morgan fingerprint density at radius 1 is 1.17 bits per heavy atom. The summed E-state index contributed by atoms with van der Waals surface area (Å²) in [5.74, 6) is 1.01. The molecule has 0 saturated heterocycles. The van der Waals surface area contributed by atoms with Gasteiger partial charge in [0.2, 0.25) is 5.91 Å². The van der Waals surface area contributed by atoms with Crippen LogP contribution < -0.4 is 5.32 Å². The Kier molecular flexibility index (Phi) is 5.13. The van der Waals surface area contributed by atoms with Gasteiger partial charge in [-0.25, -0.2) is 14.6 Å². The predicted octanol–water partition coefficient (Wildman–Crippen LogP) is 2.21. The third-order valence-corrected chi connectivity index (χ3v) is 3.65. The molecule has 0 spiro atoms. The van der Waals surface area contributed by atoms with Crippen LogP contribution in [0.3, 0.4) is 0 Å². The van der Waals surface area contributed by atoms with Gasteiger partial charge in [0.1, 0.15) is 0 Å². The van der Waals surface area contributed by atoms with Crippen LogP contribution in [0.2, 0.25) is 0 Å². The van der Waals surface area contributed by atoms with Gasteiger partial charge in [-0.2, -0.15) is 5.10 Å². The maximum atomic E-state index is 12.1.